The minimum atomic E-state index is -1.05. The van der Waals surface area contributed by atoms with Gasteiger partial charge in [-0.15, -0.1) is 0 Å². The molecule has 33 heavy (non-hydrogen) atoms. The monoisotopic (exact) mass is 459 g/mol. The van der Waals surface area contributed by atoms with Crippen LogP contribution in [0.2, 0.25) is 0 Å². The summed E-state index contributed by atoms with van der Waals surface area (Å²) in [5, 5.41) is 23.6. The molecule has 0 amide bonds. The Hall–Kier alpha value is -1.34. The maximum Gasteiger partial charge on any atom is 0.168 e. The minimum Gasteiger partial charge on any atom is -0.504 e. The van der Waals surface area contributed by atoms with E-state index in [1.165, 1.54) is 25.7 Å². The largest absolute Gasteiger partial charge is 0.504 e. The van der Waals surface area contributed by atoms with Gasteiger partial charge in [-0.05, 0) is 76.1 Å². The molecule has 5 atom stereocenters. The van der Waals surface area contributed by atoms with E-state index in [9.17, 15) is 10.2 Å². The lowest BCUT2D eigenvalue weighted by molar-refractivity contribution is -0.260. The first kappa shape index (κ1) is 23.4. The number of piperidine rings is 1. The molecular weight excluding hydrogens is 418 g/mol. The maximum absolute atomic E-state index is 12.2. The van der Waals surface area contributed by atoms with Gasteiger partial charge < -0.3 is 29.3 Å². The summed E-state index contributed by atoms with van der Waals surface area (Å²) in [6, 6.07) is 3.87. The Bertz CT molecular complexity index is 870. The molecule has 184 valence electrons. The van der Waals surface area contributed by atoms with Crippen LogP contribution in [0.5, 0.6) is 11.5 Å². The summed E-state index contributed by atoms with van der Waals surface area (Å²) < 4.78 is 18.8. The molecule has 0 aromatic heterocycles. The van der Waals surface area contributed by atoms with Gasteiger partial charge in [-0.25, -0.2) is 0 Å². The van der Waals surface area contributed by atoms with Crippen molar-refractivity contribution in [1.29, 1.82) is 0 Å². The van der Waals surface area contributed by atoms with Crippen molar-refractivity contribution in [2.75, 3.05) is 33.9 Å². The van der Waals surface area contributed by atoms with Gasteiger partial charge in [0.05, 0.1) is 25.9 Å². The molecule has 6 heteroatoms. The van der Waals surface area contributed by atoms with Gasteiger partial charge in [0, 0.05) is 23.4 Å². The quantitative estimate of drug-likeness (QED) is 0.709. The zero-order chi connectivity index (χ0) is 23.4. The highest BCUT2D eigenvalue weighted by Gasteiger charge is 2.63. The summed E-state index contributed by atoms with van der Waals surface area (Å²) in [6.07, 6.45) is 7.64. The van der Waals surface area contributed by atoms with Gasteiger partial charge in [0.25, 0.3) is 0 Å². The standard InChI is InChI=1S/C27H41NO5/c1-5-27(32-15-19-8-6-7-9-20(19)16-33-27)17-26-12-13-28(3)22(25(26,2)30)14-18-10-11-21(31-4)24(29)23(18)26/h10-11,19-20,22,29-30H,5-9,12-17H2,1-4H3/t19?,20?,22-,25?,26-,27?/m1/s1. The van der Waals surface area contributed by atoms with Gasteiger partial charge in [-0.2, -0.15) is 0 Å². The van der Waals surface area contributed by atoms with Crippen molar-refractivity contribution >= 4 is 0 Å². The summed E-state index contributed by atoms with van der Waals surface area (Å²) >= 11 is 0. The molecule has 1 aromatic rings. The van der Waals surface area contributed by atoms with E-state index in [0.717, 1.165) is 37.3 Å². The number of nitrogens with zero attached hydrogens (tertiary/aromatic N) is 1. The predicted molar refractivity (Wildman–Crippen MR) is 127 cm³/mol. The molecule has 5 rings (SSSR count). The molecule has 2 aliphatic heterocycles. The van der Waals surface area contributed by atoms with Crippen molar-refractivity contribution in [3.05, 3.63) is 23.3 Å². The number of aliphatic hydroxyl groups is 1. The number of hydrogen-bond acceptors (Lipinski definition) is 6. The second-order valence-electron chi connectivity index (χ2n) is 11.2. The van der Waals surface area contributed by atoms with E-state index >= 15 is 0 Å². The third-order valence-electron chi connectivity index (χ3n) is 9.68. The molecule has 2 saturated heterocycles. The number of likely N-dealkylation sites (tertiary alicyclic amines) is 1. The fraction of sp³-hybridized carbons (Fsp3) is 0.778. The normalized spacial score (nSPS) is 41.1. The number of ether oxygens (including phenoxy) is 3. The van der Waals surface area contributed by atoms with Crippen molar-refractivity contribution < 1.29 is 24.4 Å². The minimum absolute atomic E-state index is 0.0335. The number of fused-ring (bicyclic) bond motifs is 5. The number of likely N-dealkylation sites (N-methyl/N-ethyl adjacent to an activating group) is 1. The van der Waals surface area contributed by atoms with Crippen LogP contribution in [0.3, 0.4) is 0 Å². The fourth-order valence-corrected chi connectivity index (χ4v) is 7.48. The zero-order valence-electron chi connectivity index (χ0n) is 20.7. The Kier molecular flexibility index (Phi) is 5.96. The molecule has 0 spiro atoms. The van der Waals surface area contributed by atoms with Gasteiger partial charge in [-0.3, -0.25) is 0 Å². The fourth-order valence-electron chi connectivity index (χ4n) is 7.48. The van der Waals surface area contributed by atoms with Gasteiger partial charge in [0.15, 0.2) is 17.3 Å². The number of hydrogen-bond donors (Lipinski definition) is 2. The molecule has 2 heterocycles. The Labute approximate surface area is 198 Å². The number of methoxy groups -OCH3 is 1. The van der Waals surface area contributed by atoms with Crippen molar-refractivity contribution in [3.63, 3.8) is 0 Å². The smallest absolute Gasteiger partial charge is 0.168 e. The first-order valence-electron chi connectivity index (χ1n) is 12.9. The topological polar surface area (TPSA) is 71.4 Å². The van der Waals surface area contributed by atoms with Gasteiger partial charge in [-0.1, -0.05) is 25.8 Å². The van der Waals surface area contributed by atoms with Crippen LogP contribution in [-0.2, 0) is 21.3 Å². The summed E-state index contributed by atoms with van der Waals surface area (Å²) in [6.45, 7) is 6.37. The molecule has 2 aliphatic carbocycles. The molecular formula is C27H41NO5. The van der Waals surface area contributed by atoms with Crippen LogP contribution < -0.4 is 4.74 Å². The Balaban J connectivity index is 1.60. The first-order valence-corrected chi connectivity index (χ1v) is 12.9. The molecule has 6 nitrogen and oxygen atoms in total. The van der Waals surface area contributed by atoms with Crippen LogP contribution in [-0.4, -0.2) is 66.5 Å². The second-order valence-corrected chi connectivity index (χ2v) is 11.2. The SMILES string of the molecule is CCC1(C[C@]23CCN(C)[C@H](Cc4ccc(OC)c(O)c42)C3(C)O)OCC2CCCCC2CO1. The maximum atomic E-state index is 12.2. The first-order chi connectivity index (χ1) is 15.8. The Morgan fingerprint density at radius 1 is 1.15 bits per heavy atom. The molecule has 1 aromatic carbocycles. The lowest BCUT2D eigenvalue weighted by Crippen LogP contribution is -2.71. The van der Waals surface area contributed by atoms with Crippen molar-refractivity contribution in [2.45, 2.75) is 88.1 Å². The van der Waals surface area contributed by atoms with Crippen molar-refractivity contribution in [1.82, 2.24) is 4.90 Å². The average Bonchev–Trinajstić information content (AvgIpc) is 2.98. The lowest BCUT2D eigenvalue weighted by atomic mass is 9.52. The number of rotatable bonds is 4. The van der Waals surface area contributed by atoms with Crippen LogP contribution in [0.25, 0.3) is 0 Å². The van der Waals surface area contributed by atoms with E-state index < -0.39 is 16.8 Å². The van der Waals surface area contributed by atoms with Crippen LogP contribution in [0, 0.1) is 11.8 Å². The summed E-state index contributed by atoms with van der Waals surface area (Å²) in [5.41, 5.74) is 0.176. The lowest BCUT2D eigenvalue weighted by Gasteiger charge is -2.61. The number of benzene rings is 1. The van der Waals surface area contributed by atoms with Crippen LogP contribution >= 0.6 is 0 Å². The van der Waals surface area contributed by atoms with E-state index in [-0.39, 0.29) is 11.8 Å². The van der Waals surface area contributed by atoms with Gasteiger partial charge in [0.2, 0.25) is 0 Å². The Morgan fingerprint density at radius 2 is 1.82 bits per heavy atom. The van der Waals surface area contributed by atoms with Crippen LogP contribution in [0.1, 0.15) is 69.9 Å². The van der Waals surface area contributed by atoms with E-state index in [1.54, 1.807) is 7.11 Å². The summed E-state index contributed by atoms with van der Waals surface area (Å²) in [4.78, 5) is 2.27. The number of phenols is 1. The van der Waals surface area contributed by atoms with Crippen LogP contribution in [0.15, 0.2) is 12.1 Å². The Morgan fingerprint density at radius 3 is 2.42 bits per heavy atom. The third-order valence-corrected chi connectivity index (χ3v) is 9.68. The van der Waals surface area contributed by atoms with Gasteiger partial charge in [0.1, 0.15) is 0 Å². The molecule has 2 bridgehead atoms. The average molecular weight is 460 g/mol. The van der Waals surface area contributed by atoms with E-state index in [4.69, 9.17) is 14.2 Å². The summed E-state index contributed by atoms with van der Waals surface area (Å²) in [5.74, 6) is 0.962. The molecule has 1 saturated carbocycles. The summed E-state index contributed by atoms with van der Waals surface area (Å²) in [7, 11) is 3.68. The number of phenolic OH excluding ortho intramolecular Hbond substituents is 1. The molecule has 4 aliphatic rings. The van der Waals surface area contributed by atoms with Crippen molar-refractivity contribution in [2.24, 2.45) is 11.8 Å². The highest BCUT2D eigenvalue weighted by molar-refractivity contribution is 5.57. The molecule has 2 N–H and O–H groups in total. The van der Waals surface area contributed by atoms with E-state index in [2.05, 4.69) is 24.9 Å². The van der Waals surface area contributed by atoms with Crippen molar-refractivity contribution in [3.8, 4) is 11.5 Å². The highest BCUT2D eigenvalue weighted by Crippen LogP contribution is 2.59. The molecule has 3 fully saturated rings. The second kappa shape index (κ2) is 8.40. The highest BCUT2D eigenvalue weighted by atomic mass is 16.7. The van der Waals surface area contributed by atoms with Crippen LogP contribution in [0.4, 0.5) is 0 Å². The predicted octanol–water partition coefficient (Wildman–Crippen LogP) is 4.00. The van der Waals surface area contributed by atoms with Gasteiger partial charge >= 0.3 is 0 Å². The third kappa shape index (κ3) is 3.51. The van der Waals surface area contributed by atoms with E-state index in [0.29, 0.717) is 36.8 Å². The van der Waals surface area contributed by atoms with E-state index in [1.807, 2.05) is 13.0 Å². The zero-order valence-corrected chi connectivity index (χ0v) is 20.7. The molecule has 0 radical (unpaired) electrons. The molecule has 3 unspecified atom stereocenters. The number of aromatic hydroxyl groups is 1.